The zero-order valence-electron chi connectivity index (χ0n) is 11.6. The van der Waals surface area contributed by atoms with Gasteiger partial charge in [-0.25, -0.2) is 8.42 Å². The van der Waals surface area contributed by atoms with E-state index in [2.05, 4.69) is 0 Å². The van der Waals surface area contributed by atoms with Crippen LogP contribution in [0.1, 0.15) is 47.0 Å². The van der Waals surface area contributed by atoms with Gasteiger partial charge < -0.3 is 5.73 Å². The van der Waals surface area contributed by atoms with E-state index < -0.39 is 10.0 Å². The monoisotopic (exact) mass is 264 g/mol. The van der Waals surface area contributed by atoms with Crippen molar-refractivity contribution in [1.82, 2.24) is 4.31 Å². The van der Waals surface area contributed by atoms with Crippen LogP contribution in [0.15, 0.2) is 0 Å². The topological polar surface area (TPSA) is 63.4 Å². The highest BCUT2D eigenvalue weighted by Crippen LogP contribution is 2.17. The van der Waals surface area contributed by atoms with Gasteiger partial charge in [0.25, 0.3) is 0 Å². The van der Waals surface area contributed by atoms with Crippen molar-refractivity contribution in [3.8, 4) is 0 Å². The van der Waals surface area contributed by atoms with E-state index in [1.807, 2.05) is 27.7 Å². The van der Waals surface area contributed by atoms with Crippen LogP contribution in [0.2, 0.25) is 0 Å². The standard InChI is InChI=1S/C12H28N2O2S/c1-5-12(6-2)14(10-11(3)4)17(15,16)9-7-8-13/h11-12H,5-10,13H2,1-4H3. The third kappa shape index (κ3) is 5.84. The van der Waals surface area contributed by atoms with E-state index in [0.717, 1.165) is 12.8 Å². The van der Waals surface area contributed by atoms with Crippen molar-refractivity contribution in [3.63, 3.8) is 0 Å². The second kappa shape index (κ2) is 8.06. The quantitative estimate of drug-likeness (QED) is 0.691. The van der Waals surface area contributed by atoms with Crippen LogP contribution < -0.4 is 5.73 Å². The molecule has 0 radical (unpaired) electrons. The van der Waals surface area contributed by atoms with Crippen LogP contribution in [-0.4, -0.2) is 37.6 Å². The molecule has 0 aromatic carbocycles. The van der Waals surface area contributed by atoms with E-state index in [9.17, 15) is 8.42 Å². The van der Waals surface area contributed by atoms with Gasteiger partial charge in [0, 0.05) is 12.6 Å². The van der Waals surface area contributed by atoms with Crippen molar-refractivity contribution in [1.29, 1.82) is 0 Å². The molecule has 0 atom stereocenters. The first kappa shape index (κ1) is 16.9. The summed E-state index contributed by atoms with van der Waals surface area (Å²) >= 11 is 0. The van der Waals surface area contributed by atoms with Crippen LogP contribution in [0.5, 0.6) is 0 Å². The molecule has 0 saturated carbocycles. The van der Waals surface area contributed by atoms with Crippen LogP contribution in [0.3, 0.4) is 0 Å². The molecule has 0 bridgehead atoms. The number of rotatable bonds is 9. The molecule has 0 aromatic heterocycles. The van der Waals surface area contributed by atoms with Gasteiger partial charge in [0.1, 0.15) is 0 Å². The van der Waals surface area contributed by atoms with E-state index in [1.165, 1.54) is 0 Å². The number of nitrogens with zero attached hydrogens (tertiary/aromatic N) is 1. The summed E-state index contributed by atoms with van der Waals surface area (Å²) < 4.78 is 26.2. The highest BCUT2D eigenvalue weighted by atomic mass is 32.2. The van der Waals surface area contributed by atoms with Crippen LogP contribution in [-0.2, 0) is 10.0 Å². The van der Waals surface area contributed by atoms with Crippen molar-refractivity contribution in [3.05, 3.63) is 0 Å². The highest BCUT2D eigenvalue weighted by Gasteiger charge is 2.27. The molecule has 4 nitrogen and oxygen atoms in total. The lowest BCUT2D eigenvalue weighted by atomic mass is 10.1. The summed E-state index contributed by atoms with van der Waals surface area (Å²) in [6.07, 6.45) is 2.27. The molecule has 5 heteroatoms. The average molecular weight is 264 g/mol. The van der Waals surface area contributed by atoms with E-state index >= 15 is 0 Å². The Hall–Kier alpha value is -0.130. The Morgan fingerprint density at radius 3 is 2.06 bits per heavy atom. The summed E-state index contributed by atoms with van der Waals surface area (Å²) in [5, 5.41) is 0. The van der Waals surface area contributed by atoms with E-state index in [-0.39, 0.29) is 11.8 Å². The molecule has 0 unspecified atom stereocenters. The minimum Gasteiger partial charge on any atom is -0.330 e. The molecule has 0 aliphatic heterocycles. The molecule has 2 N–H and O–H groups in total. The fraction of sp³-hybridized carbons (Fsp3) is 1.00. The molecule has 0 aliphatic rings. The highest BCUT2D eigenvalue weighted by molar-refractivity contribution is 7.89. The van der Waals surface area contributed by atoms with Gasteiger partial charge in [0.2, 0.25) is 10.0 Å². The third-order valence-electron chi connectivity index (χ3n) is 2.86. The number of hydrogen-bond donors (Lipinski definition) is 1. The zero-order valence-corrected chi connectivity index (χ0v) is 12.5. The maximum atomic E-state index is 12.3. The van der Waals surface area contributed by atoms with E-state index in [0.29, 0.717) is 25.4 Å². The van der Waals surface area contributed by atoms with Gasteiger partial charge >= 0.3 is 0 Å². The van der Waals surface area contributed by atoms with Crippen molar-refractivity contribution >= 4 is 10.0 Å². The van der Waals surface area contributed by atoms with Gasteiger partial charge in [-0.1, -0.05) is 27.7 Å². The Labute approximate surface area is 107 Å². The van der Waals surface area contributed by atoms with Crippen LogP contribution in [0, 0.1) is 5.92 Å². The van der Waals surface area contributed by atoms with Gasteiger partial charge in [-0.05, 0) is 31.7 Å². The molecule has 0 fully saturated rings. The summed E-state index contributed by atoms with van der Waals surface area (Å²) in [5.74, 6) is 0.524. The predicted octanol–water partition coefficient (Wildman–Crippen LogP) is 1.81. The molecule has 0 aromatic rings. The van der Waals surface area contributed by atoms with Crippen molar-refractivity contribution in [2.24, 2.45) is 11.7 Å². The minimum absolute atomic E-state index is 0.125. The Balaban J connectivity index is 4.88. The molecule has 0 rings (SSSR count). The SMILES string of the molecule is CCC(CC)N(CC(C)C)S(=O)(=O)CCCN. The number of sulfonamides is 1. The van der Waals surface area contributed by atoms with Gasteiger partial charge in [0.15, 0.2) is 0 Å². The minimum atomic E-state index is -3.15. The molecule has 104 valence electrons. The Morgan fingerprint density at radius 2 is 1.71 bits per heavy atom. The van der Waals surface area contributed by atoms with Gasteiger partial charge in [-0.3, -0.25) is 0 Å². The second-order valence-corrected chi connectivity index (χ2v) is 6.93. The van der Waals surface area contributed by atoms with Gasteiger partial charge in [0.05, 0.1) is 5.75 Å². The second-order valence-electron chi connectivity index (χ2n) is 4.89. The smallest absolute Gasteiger partial charge is 0.214 e. The van der Waals surface area contributed by atoms with Crippen LogP contribution in [0.4, 0.5) is 0 Å². The fourth-order valence-corrected chi connectivity index (χ4v) is 3.97. The van der Waals surface area contributed by atoms with Crippen LogP contribution in [0.25, 0.3) is 0 Å². The largest absolute Gasteiger partial charge is 0.330 e. The fourth-order valence-electron chi connectivity index (χ4n) is 1.93. The van der Waals surface area contributed by atoms with Crippen molar-refractivity contribution in [2.45, 2.75) is 53.0 Å². The number of nitrogens with two attached hydrogens (primary N) is 1. The molecule has 0 saturated heterocycles. The molecule has 0 heterocycles. The Kier molecular flexibility index (Phi) is 8.00. The summed E-state index contributed by atoms with van der Waals surface area (Å²) in [5.41, 5.74) is 5.40. The van der Waals surface area contributed by atoms with Gasteiger partial charge in [-0.15, -0.1) is 0 Å². The lowest BCUT2D eigenvalue weighted by molar-refractivity contribution is 0.276. The summed E-state index contributed by atoms with van der Waals surface area (Å²) in [6.45, 7) is 9.22. The normalized spacial score (nSPS) is 12.9. The van der Waals surface area contributed by atoms with Crippen molar-refractivity contribution < 1.29 is 8.42 Å². The predicted molar refractivity (Wildman–Crippen MR) is 73.4 cm³/mol. The maximum Gasteiger partial charge on any atom is 0.214 e. The Bertz CT molecular complexity index is 285. The Morgan fingerprint density at radius 1 is 1.18 bits per heavy atom. The first-order valence-electron chi connectivity index (χ1n) is 6.58. The molecule has 17 heavy (non-hydrogen) atoms. The van der Waals surface area contributed by atoms with Crippen molar-refractivity contribution in [2.75, 3.05) is 18.8 Å². The first-order valence-corrected chi connectivity index (χ1v) is 8.19. The molecular formula is C12H28N2O2S. The van der Waals surface area contributed by atoms with E-state index in [4.69, 9.17) is 5.73 Å². The van der Waals surface area contributed by atoms with Gasteiger partial charge in [-0.2, -0.15) is 4.31 Å². The zero-order chi connectivity index (χ0) is 13.5. The van der Waals surface area contributed by atoms with E-state index in [1.54, 1.807) is 4.31 Å². The molecule has 0 spiro atoms. The maximum absolute atomic E-state index is 12.3. The summed E-state index contributed by atoms with van der Waals surface area (Å²) in [4.78, 5) is 0. The lowest BCUT2D eigenvalue weighted by Crippen LogP contribution is -2.43. The summed E-state index contributed by atoms with van der Waals surface area (Å²) in [6, 6.07) is 0.125. The third-order valence-corrected chi connectivity index (χ3v) is 4.82. The molecule has 0 aliphatic carbocycles. The summed E-state index contributed by atoms with van der Waals surface area (Å²) in [7, 11) is -3.15. The molecule has 0 amide bonds. The number of hydrogen-bond acceptors (Lipinski definition) is 3. The molecular weight excluding hydrogens is 236 g/mol. The first-order chi connectivity index (χ1) is 7.88. The van der Waals surface area contributed by atoms with Crippen LogP contribution >= 0.6 is 0 Å². The lowest BCUT2D eigenvalue weighted by Gasteiger charge is -2.31. The average Bonchev–Trinajstić information content (AvgIpc) is 2.26.